The van der Waals surface area contributed by atoms with Crippen LogP contribution >= 0.6 is 0 Å². The summed E-state index contributed by atoms with van der Waals surface area (Å²) in [6, 6.07) is 4.48. The first kappa shape index (κ1) is 10.3. The number of benzene rings is 1. The zero-order valence-corrected chi connectivity index (χ0v) is 7.58. The number of aliphatic carboxylic acids is 1. The first-order valence-corrected chi connectivity index (χ1v) is 3.93. The van der Waals surface area contributed by atoms with Crippen LogP contribution in [0.2, 0.25) is 0 Å². The minimum absolute atomic E-state index is 0.0837. The zero-order chi connectivity index (χ0) is 10.6. The van der Waals surface area contributed by atoms with Gasteiger partial charge >= 0.3 is 5.97 Å². The van der Waals surface area contributed by atoms with Crippen molar-refractivity contribution in [2.75, 3.05) is 19.0 Å². The molecule has 0 radical (unpaired) electrons. The maximum absolute atomic E-state index is 13.3. The Bertz CT molecular complexity index is 341. The van der Waals surface area contributed by atoms with E-state index in [4.69, 9.17) is 9.84 Å². The number of hydrogen-bond donors (Lipinski definition) is 2. The van der Waals surface area contributed by atoms with E-state index < -0.39 is 11.8 Å². The molecule has 5 heteroatoms. The van der Waals surface area contributed by atoms with E-state index in [0.29, 0.717) is 0 Å². The number of ether oxygens (including phenoxy) is 1. The smallest absolute Gasteiger partial charge is 0.322 e. The van der Waals surface area contributed by atoms with E-state index in [1.165, 1.54) is 19.2 Å². The van der Waals surface area contributed by atoms with Crippen molar-refractivity contribution in [3.63, 3.8) is 0 Å². The quantitative estimate of drug-likeness (QED) is 0.768. The second-order valence-corrected chi connectivity index (χ2v) is 2.57. The fourth-order valence-corrected chi connectivity index (χ4v) is 0.976. The highest BCUT2D eigenvalue weighted by molar-refractivity contribution is 5.73. The van der Waals surface area contributed by atoms with Crippen molar-refractivity contribution in [3.8, 4) is 5.75 Å². The van der Waals surface area contributed by atoms with Gasteiger partial charge in [0.25, 0.3) is 0 Å². The summed E-state index contributed by atoms with van der Waals surface area (Å²) in [4.78, 5) is 10.2. The SMILES string of the molecule is COc1cccc(NCC(=O)O)c1F. The molecular formula is C9H10FNO3. The second-order valence-electron chi connectivity index (χ2n) is 2.57. The highest BCUT2D eigenvalue weighted by Gasteiger charge is 2.08. The first-order valence-electron chi connectivity index (χ1n) is 3.93. The summed E-state index contributed by atoms with van der Waals surface area (Å²) in [7, 11) is 1.35. The number of carbonyl (C=O) groups is 1. The summed E-state index contributed by atoms with van der Waals surface area (Å²) in [6.45, 7) is -0.329. The van der Waals surface area contributed by atoms with Crippen LogP contribution in [0.5, 0.6) is 5.75 Å². The molecule has 2 N–H and O–H groups in total. The van der Waals surface area contributed by atoms with Crippen LogP contribution in [0.3, 0.4) is 0 Å². The van der Waals surface area contributed by atoms with Gasteiger partial charge in [-0.1, -0.05) is 6.07 Å². The van der Waals surface area contributed by atoms with Gasteiger partial charge in [-0.2, -0.15) is 0 Å². The number of nitrogens with one attached hydrogen (secondary N) is 1. The molecule has 76 valence electrons. The Morgan fingerprint density at radius 3 is 2.93 bits per heavy atom. The fourth-order valence-electron chi connectivity index (χ4n) is 0.976. The lowest BCUT2D eigenvalue weighted by Gasteiger charge is -2.07. The molecule has 1 rings (SSSR count). The topological polar surface area (TPSA) is 58.6 Å². The van der Waals surface area contributed by atoms with Crippen LogP contribution in [-0.2, 0) is 4.79 Å². The Morgan fingerprint density at radius 1 is 1.64 bits per heavy atom. The van der Waals surface area contributed by atoms with Crippen LogP contribution < -0.4 is 10.1 Å². The summed E-state index contributed by atoms with van der Waals surface area (Å²) >= 11 is 0. The summed E-state index contributed by atoms with van der Waals surface area (Å²) in [5.41, 5.74) is 0.117. The molecule has 0 saturated heterocycles. The molecule has 0 aliphatic carbocycles. The third-order valence-electron chi connectivity index (χ3n) is 1.61. The number of halogens is 1. The molecule has 4 nitrogen and oxygen atoms in total. The maximum atomic E-state index is 13.3. The van der Waals surface area contributed by atoms with Gasteiger partial charge in [0.2, 0.25) is 0 Å². The lowest BCUT2D eigenvalue weighted by molar-refractivity contribution is -0.134. The molecular weight excluding hydrogens is 189 g/mol. The van der Waals surface area contributed by atoms with E-state index >= 15 is 0 Å². The minimum Gasteiger partial charge on any atom is -0.494 e. The molecule has 0 heterocycles. The Kier molecular flexibility index (Phi) is 3.28. The molecule has 0 fully saturated rings. The number of rotatable bonds is 4. The normalized spacial score (nSPS) is 9.57. The zero-order valence-electron chi connectivity index (χ0n) is 7.58. The van der Waals surface area contributed by atoms with Gasteiger partial charge < -0.3 is 15.2 Å². The second kappa shape index (κ2) is 4.45. The van der Waals surface area contributed by atoms with Crippen molar-refractivity contribution in [1.82, 2.24) is 0 Å². The molecule has 0 bridgehead atoms. The van der Waals surface area contributed by atoms with Gasteiger partial charge in [-0.15, -0.1) is 0 Å². The average Bonchev–Trinajstić information content (AvgIpc) is 2.16. The molecule has 0 aromatic heterocycles. The molecule has 0 unspecified atom stereocenters. The first-order chi connectivity index (χ1) is 6.65. The van der Waals surface area contributed by atoms with E-state index in [1.54, 1.807) is 6.07 Å². The molecule has 0 amide bonds. The van der Waals surface area contributed by atoms with E-state index in [1.807, 2.05) is 0 Å². The van der Waals surface area contributed by atoms with Crippen LogP contribution in [0.4, 0.5) is 10.1 Å². The van der Waals surface area contributed by atoms with Gasteiger partial charge in [-0.3, -0.25) is 4.79 Å². The predicted octanol–water partition coefficient (Wildman–Crippen LogP) is 1.33. The number of methoxy groups -OCH3 is 1. The summed E-state index contributed by atoms with van der Waals surface area (Å²) in [5.74, 6) is -1.55. The molecule has 0 aliphatic heterocycles. The Balaban J connectivity index is 2.81. The Morgan fingerprint density at radius 2 is 2.36 bits per heavy atom. The molecule has 0 spiro atoms. The largest absolute Gasteiger partial charge is 0.494 e. The third kappa shape index (κ3) is 2.35. The number of carboxylic acid groups (broad SMARTS) is 1. The van der Waals surface area contributed by atoms with Gasteiger partial charge in [-0.25, -0.2) is 4.39 Å². The number of anilines is 1. The van der Waals surface area contributed by atoms with Gasteiger partial charge in [0, 0.05) is 0 Å². The Hall–Kier alpha value is -1.78. The van der Waals surface area contributed by atoms with E-state index in [2.05, 4.69) is 5.32 Å². The lowest BCUT2D eigenvalue weighted by atomic mass is 10.3. The van der Waals surface area contributed by atoms with Crippen molar-refractivity contribution in [3.05, 3.63) is 24.0 Å². The van der Waals surface area contributed by atoms with Crippen molar-refractivity contribution in [2.45, 2.75) is 0 Å². The van der Waals surface area contributed by atoms with Gasteiger partial charge in [-0.05, 0) is 12.1 Å². The molecule has 1 aromatic carbocycles. The predicted molar refractivity (Wildman–Crippen MR) is 49.1 cm³/mol. The lowest BCUT2D eigenvalue weighted by Crippen LogP contribution is -2.13. The van der Waals surface area contributed by atoms with Crippen LogP contribution in [-0.4, -0.2) is 24.7 Å². The molecule has 0 atom stereocenters. The summed E-state index contributed by atoms with van der Waals surface area (Å²) < 4.78 is 18.1. The highest BCUT2D eigenvalue weighted by Crippen LogP contribution is 2.23. The van der Waals surface area contributed by atoms with Gasteiger partial charge in [0.05, 0.1) is 12.8 Å². The average molecular weight is 199 g/mol. The van der Waals surface area contributed by atoms with E-state index in [9.17, 15) is 9.18 Å². The highest BCUT2D eigenvalue weighted by atomic mass is 19.1. The van der Waals surface area contributed by atoms with E-state index in [0.717, 1.165) is 0 Å². The van der Waals surface area contributed by atoms with Gasteiger partial charge in [0.1, 0.15) is 6.54 Å². The van der Waals surface area contributed by atoms with Crippen molar-refractivity contribution >= 4 is 11.7 Å². The van der Waals surface area contributed by atoms with Crippen molar-refractivity contribution < 1.29 is 19.0 Å². The van der Waals surface area contributed by atoms with Gasteiger partial charge in [0.15, 0.2) is 11.6 Å². The van der Waals surface area contributed by atoms with Crippen LogP contribution in [0.1, 0.15) is 0 Å². The maximum Gasteiger partial charge on any atom is 0.322 e. The molecule has 0 aliphatic rings. The van der Waals surface area contributed by atoms with Crippen LogP contribution in [0.15, 0.2) is 18.2 Å². The standard InChI is InChI=1S/C9H10FNO3/c1-14-7-4-2-3-6(9(7)10)11-5-8(12)13/h2-4,11H,5H2,1H3,(H,12,13). The summed E-state index contributed by atoms with van der Waals surface area (Å²) in [6.07, 6.45) is 0. The molecule has 14 heavy (non-hydrogen) atoms. The third-order valence-corrected chi connectivity index (χ3v) is 1.61. The monoisotopic (exact) mass is 199 g/mol. The summed E-state index contributed by atoms with van der Waals surface area (Å²) in [5, 5.41) is 10.8. The van der Waals surface area contributed by atoms with Crippen molar-refractivity contribution in [1.29, 1.82) is 0 Å². The number of hydrogen-bond acceptors (Lipinski definition) is 3. The minimum atomic E-state index is -1.05. The molecule has 0 saturated carbocycles. The van der Waals surface area contributed by atoms with E-state index in [-0.39, 0.29) is 18.0 Å². The Labute approximate surface area is 80.3 Å². The fraction of sp³-hybridized carbons (Fsp3) is 0.222. The van der Waals surface area contributed by atoms with Crippen LogP contribution in [0.25, 0.3) is 0 Å². The molecule has 1 aromatic rings. The van der Waals surface area contributed by atoms with Crippen molar-refractivity contribution in [2.24, 2.45) is 0 Å². The van der Waals surface area contributed by atoms with Crippen LogP contribution in [0, 0.1) is 5.82 Å². The number of carboxylic acids is 1.